The summed E-state index contributed by atoms with van der Waals surface area (Å²) in [6.07, 6.45) is 0. The van der Waals surface area contributed by atoms with E-state index in [2.05, 4.69) is 0 Å². The molecule has 3 aromatic rings. The van der Waals surface area contributed by atoms with E-state index in [9.17, 15) is 13.5 Å². The third-order valence-corrected chi connectivity index (χ3v) is 7.54. The smallest absolute Gasteiger partial charge is 0.243 e. The number of sulfonamides is 1. The first-order chi connectivity index (χ1) is 14.2. The fourth-order valence-electron chi connectivity index (χ4n) is 4.09. The van der Waals surface area contributed by atoms with E-state index in [-0.39, 0.29) is 17.0 Å². The molecule has 158 valence electrons. The number of nitrogens with zero attached hydrogens (tertiary/aromatic N) is 1. The largest absolute Gasteiger partial charge is 0.376 e. The van der Waals surface area contributed by atoms with E-state index in [1.807, 2.05) is 88.4 Å². The van der Waals surface area contributed by atoms with Crippen molar-refractivity contribution in [3.8, 4) is 0 Å². The van der Waals surface area contributed by atoms with Gasteiger partial charge in [0.15, 0.2) is 0 Å². The predicted octanol–water partition coefficient (Wildman–Crippen LogP) is 4.78. The van der Waals surface area contributed by atoms with E-state index in [4.69, 9.17) is 0 Å². The van der Waals surface area contributed by atoms with Crippen LogP contribution in [0.5, 0.6) is 0 Å². The number of hydrogen-bond acceptors (Lipinski definition) is 3. The molecule has 0 unspecified atom stereocenters. The molecule has 0 fully saturated rings. The quantitative estimate of drug-likeness (QED) is 0.557. The zero-order valence-electron chi connectivity index (χ0n) is 17.9. The first-order valence-corrected chi connectivity index (χ1v) is 11.6. The van der Waals surface area contributed by atoms with Gasteiger partial charge in [0.05, 0.1) is 4.90 Å². The third kappa shape index (κ3) is 3.93. The molecule has 3 aromatic carbocycles. The third-order valence-electron chi connectivity index (χ3n) is 5.23. The molecule has 0 aliphatic heterocycles. The maximum atomic E-state index is 13.8. The van der Waals surface area contributed by atoms with Gasteiger partial charge in [-0.05, 0) is 44.9 Å². The summed E-state index contributed by atoms with van der Waals surface area (Å²) in [6.45, 7) is 7.45. The van der Waals surface area contributed by atoms with Gasteiger partial charge >= 0.3 is 0 Å². The normalized spacial score (nSPS) is 12.7. The van der Waals surface area contributed by atoms with Gasteiger partial charge in [-0.25, -0.2) is 8.42 Å². The lowest BCUT2D eigenvalue weighted by atomic mass is 9.80. The van der Waals surface area contributed by atoms with E-state index in [0.717, 1.165) is 0 Å². The van der Waals surface area contributed by atoms with Crippen LogP contribution in [0.3, 0.4) is 0 Å². The Labute approximate surface area is 179 Å². The van der Waals surface area contributed by atoms with Crippen molar-refractivity contribution in [2.75, 3.05) is 0 Å². The van der Waals surface area contributed by atoms with Gasteiger partial charge in [-0.3, -0.25) is 0 Å². The Kier molecular flexibility index (Phi) is 6.46. The molecule has 0 aliphatic rings. The van der Waals surface area contributed by atoms with Crippen LogP contribution in [0.15, 0.2) is 89.8 Å². The van der Waals surface area contributed by atoms with Crippen molar-refractivity contribution < 1.29 is 13.5 Å². The highest BCUT2D eigenvalue weighted by molar-refractivity contribution is 7.89. The molecular formula is C25H29NO3S. The van der Waals surface area contributed by atoms with Crippen LogP contribution in [0, 0.1) is 0 Å². The molecular weight excluding hydrogens is 394 g/mol. The molecule has 30 heavy (non-hydrogen) atoms. The Bertz CT molecular complexity index is 1030. The van der Waals surface area contributed by atoms with Crippen LogP contribution in [0.1, 0.15) is 44.4 Å². The van der Waals surface area contributed by atoms with E-state index in [1.54, 1.807) is 24.3 Å². The van der Waals surface area contributed by atoms with E-state index in [0.29, 0.717) is 16.7 Å². The van der Waals surface area contributed by atoms with Crippen molar-refractivity contribution in [1.29, 1.82) is 0 Å². The summed E-state index contributed by atoms with van der Waals surface area (Å²) in [4.78, 5) is 0.114. The van der Waals surface area contributed by atoms with E-state index < -0.39 is 15.6 Å². The summed E-state index contributed by atoms with van der Waals surface area (Å²) in [6, 6.07) is 24.7. The lowest BCUT2D eigenvalue weighted by Crippen LogP contribution is -2.43. The summed E-state index contributed by atoms with van der Waals surface area (Å²) in [7, 11) is -3.86. The molecule has 4 nitrogen and oxygen atoms in total. The number of benzene rings is 3. The maximum absolute atomic E-state index is 13.8. The van der Waals surface area contributed by atoms with Gasteiger partial charge < -0.3 is 5.11 Å². The van der Waals surface area contributed by atoms with Crippen LogP contribution < -0.4 is 0 Å². The Morgan fingerprint density at radius 2 is 1.10 bits per heavy atom. The Balaban J connectivity index is 2.34. The minimum Gasteiger partial charge on any atom is -0.376 e. The fourth-order valence-corrected chi connectivity index (χ4v) is 6.17. The first kappa shape index (κ1) is 22.2. The van der Waals surface area contributed by atoms with Crippen molar-refractivity contribution in [1.82, 2.24) is 4.31 Å². The zero-order chi connectivity index (χ0) is 21.9. The monoisotopic (exact) mass is 423 g/mol. The van der Waals surface area contributed by atoms with Gasteiger partial charge in [-0.1, -0.05) is 78.9 Å². The average molecular weight is 424 g/mol. The standard InChI is InChI=1S/C25H29NO3S/c1-19(2)26(20(3)4)30(28,29)24-18-12-11-17-23(24)25(27,21-13-7-5-8-14-21)22-15-9-6-10-16-22/h5-20,27H,1-4H3. The fraction of sp³-hybridized carbons (Fsp3) is 0.280. The van der Waals surface area contributed by atoms with Gasteiger partial charge in [0.25, 0.3) is 0 Å². The minimum absolute atomic E-state index is 0.114. The van der Waals surface area contributed by atoms with Gasteiger partial charge in [-0.15, -0.1) is 0 Å². The maximum Gasteiger partial charge on any atom is 0.243 e. The van der Waals surface area contributed by atoms with Gasteiger partial charge in [0.1, 0.15) is 5.60 Å². The number of hydrogen-bond donors (Lipinski definition) is 1. The summed E-state index contributed by atoms with van der Waals surface area (Å²) >= 11 is 0. The molecule has 0 spiro atoms. The minimum atomic E-state index is -3.86. The highest BCUT2D eigenvalue weighted by Gasteiger charge is 2.40. The van der Waals surface area contributed by atoms with Crippen molar-refractivity contribution in [3.63, 3.8) is 0 Å². The van der Waals surface area contributed by atoms with Crippen molar-refractivity contribution in [2.45, 2.75) is 50.3 Å². The molecule has 0 amide bonds. The predicted molar refractivity (Wildman–Crippen MR) is 121 cm³/mol. The van der Waals surface area contributed by atoms with Crippen LogP contribution in [0.2, 0.25) is 0 Å². The molecule has 0 saturated heterocycles. The lowest BCUT2D eigenvalue weighted by Gasteiger charge is -2.35. The first-order valence-electron chi connectivity index (χ1n) is 10.2. The summed E-state index contributed by atoms with van der Waals surface area (Å²) in [5.74, 6) is 0. The van der Waals surface area contributed by atoms with Crippen LogP contribution in [-0.2, 0) is 15.6 Å². The molecule has 0 aliphatic carbocycles. The second-order valence-corrected chi connectivity index (χ2v) is 9.77. The molecule has 0 bridgehead atoms. The molecule has 0 radical (unpaired) electrons. The van der Waals surface area contributed by atoms with E-state index in [1.165, 1.54) is 4.31 Å². The SMILES string of the molecule is CC(C)N(C(C)C)S(=O)(=O)c1ccccc1C(O)(c1ccccc1)c1ccccc1. The molecule has 0 aromatic heterocycles. The summed E-state index contributed by atoms with van der Waals surface area (Å²) in [5, 5.41) is 12.1. The Morgan fingerprint density at radius 3 is 1.53 bits per heavy atom. The van der Waals surface area contributed by atoms with E-state index >= 15 is 0 Å². The van der Waals surface area contributed by atoms with Crippen molar-refractivity contribution >= 4 is 10.0 Å². The Morgan fingerprint density at radius 1 is 0.700 bits per heavy atom. The van der Waals surface area contributed by atoms with Gasteiger partial charge in [0, 0.05) is 17.6 Å². The van der Waals surface area contributed by atoms with Gasteiger partial charge in [0.2, 0.25) is 10.0 Å². The zero-order valence-corrected chi connectivity index (χ0v) is 18.7. The molecule has 5 heteroatoms. The van der Waals surface area contributed by atoms with Gasteiger partial charge in [-0.2, -0.15) is 4.31 Å². The van der Waals surface area contributed by atoms with Crippen LogP contribution in [0.25, 0.3) is 0 Å². The highest BCUT2D eigenvalue weighted by Crippen LogP contribution is 2.40. The average Bonchev–Trinajstić information content (AvgIpc) is 2.73. The summed E-state index contributed by atoms with van der Waals surface area (Å²) < 4.78 is 29.0. The second kappa shape index (κ2) is 8.72. The molecule has 0 heterocycles. The van der Waals surface area contributed by atoms with Crippen LogP contribution >= 0.6 is 0 Å². The lowest BCUT2D eigenvalue weighted by molar-refractivity contribution is 0.122. The molecule has 1 N–H and O–H groups in total. The van der Waals surface area contributed by atoms with Crippen molar-refractivity contribution in [3.05, 3.63) is 102 Å². The topological polar surface area (TPSA) is 57.6 Å². The second-order valence-electron chi connectivity index (χ2n) is 7.96. The molecule has 0 atom stereocenters. The molecule has 3 rings (SSSR count). The highest BCUT2D eigenvalue weighted by atomic mass is 32.2. The Hall–Kier alpha value is -2.47. The van der Waals surface area contributed by atoms with Crippen LogP contribution in [0.4, 0.5) is 0 Å². The summed E-state index contributed by atoms with van der Waals surface area (Å²) in [5.41, 5.74) is -0.0566. The van der Waals surface area contributed by atoms with Crippen molar-refractivity contribution in [2.24, 2.45) is 0 Å². The van der Waals surface area contributed by atoms with Crippen LogP contribution in [-0.4, -0.2) is 29.9 Å². The number of aliphatic hydroxyl groups is 1. The molecule has 0 saturated carbocycles. The number of rotatable bonds is 7.